The van der Waals surface area contributed by atoms with E-state index in [9.17, 15) is 4.79 Å². The third-order valence-electron chi connectivity index (χ3n) is 5.43. The van der Waals surface area contributed by atoms with Gasteiger partial charge in [-0.3, -0.25) is 4.79 Å². The number of hydrogen-bond acceptors (Lipinski definition) is 1. The van der Waals surface area contributed by atoms with Crippen LogP contribution in [-0.4, -0.2) is 21.0 Å². The Labute approximate surface area is 141 Å². The van der Waals surface area contributed by atoms with Gasteiger partial charge in [0.05, 0.1) is 15.2 Å². The first-order valence-corrected chi connectivity index (χ1v) is 15.0. The quantitative estimate of drug-likeness (QED) is 0.563. The molecule has 2 aromatic carbocycles. The third-order valence-corrected chi connectivity index (χ3v) is 23.3. The Bertz CT molecular complexity index is 730. The van der Waals surface area contributed by atoms with Crippen LogP contribution in [0.1, 0.15) is 22.8 Å². The number of benzene rings is 2. The molecule has 0 spiro atoms. The second kappa shape index (κ2) is 6.42. The summed E-state index contributed by atoms with van der Waals surface area (Å²) in [4.78, 5) is 11.7. The summed E-state index contributed by atoms with van der Waals surface area (Å²) in [6.45, 7) is 15.8. The number of ketones is 1. The van der Waals surface area contributed by atoms with Crippen LogP contribution in [0.15, 0.2) is 61.2 Å². The van der Waals surface area contributed by atoms with E-state index in [1.165, 1.54) is 10.4 Å². The lowest BCUT2D eigenvalue weighted by Gasteiger charge is -2.40. The Hall–Kier alpha value is -1.72. The molecule has 0 saturated heterocycles. The number of carbonyl (C=O) groups excluding carboxylic acids is 1. The van der Waals surface area contributed by atoms with E-state index in [4.69, 9.17) is 0 Å². The first kappa shape index (κ1) is 17.6. The SMILES string of the molecule is C=C(c1cccc(C(C)=O)c1)[Si](C)(C)[Si](C)(C)c1ccccc1. The number of hydrogen-bond donors (Lipinski definition) is 0. The molecular weight excluding hydrogens is 312 g/mol. The number of carbonyl (C=O) groups is 1. The van der Waals surface area contributed by atoms with Crippen molar-refractivity contribution in [2.75, 3.05) is 0 Å². The smallest absolute Gasteiger partial charge is 0.159 e. The maximum Gasteiger partial charge on any atom is 0.159 e. The molecule has 2 aromatic rings. The first-order valence-electron chi connectivity index (χ1n) is 8.04. The predicted octanol–water partition coefficient (Wildman–Crippen LogP) is 4.84. The summed E-state index contributed by atoms with van der Waals surface area (Å²) >= 11 is 0. The summed E-state index contributed by atoms with van der Waals surface area (Å²) in [5.74, 6) is 0.110. The topological polar surface area (TPSA) is 17.1 Å². The van der Waals surface area contributed by atoms with Crippen LogP contribution in [0.5, 0.6) is 0 Å². The molecule has 0 unspecified atom stereocenters. The van der Waals surface area contributed by atoms with Gasteiger partial charge in [-0.1, -0.05) is 91.7 Å². The second-order valence-corrected chi connectivity index (χ2v) is 22.4. The van der Waals surface area contributed by atoms with Crippen LogP contribution in [0.3, 0.4) is 0 Å². The standard InChI is InChI=1S/C20H26OSi2/c1-16(21)18-11-10-12-19(15-18)17(2)22(3,4)23(5,6)20-13-8-7-9-14-20/h7-15H,2H2,1,3-6H3. The highest BCUT2D eigenvalue weighted by molar-refractivity contribution is 7.51. The van der Waals surface area contributed by atoms with Crippen molar-refractivity contribution in [3.8, 4) is 0 Å². The summed E-state index contributed by atoms with van der Waals surface area (Å²) < 4.78 is 0. The zero-order valence-electron chi connectivity index (χ0n) is 14.8. The molecule has 0 saturated carbocycles. The van der Waals surface area contributed by atoms with E-state index in [1.807, 2.05) is 18.2 Å². The van der Waals surface area contributed by atoms with Gasteiger partial charge in [0, 0.05) is 5.56 Å². The zero-order valence-corrected chi connectivity index (χ0v) is 16.8. The van der Waals surface area contributed by atoms with E-state index in [0.29, 0.717) is 0 Å². The lowest BCUT2D eigenvalue weighted by molar-refractivity contribution is 0.101. The minimum Gasteiger partial charge on any atom is -0.295 e. The Morgan fingerprint density at radius 3 is 2.00 bits per heavy atom. The minimum absolute atomic E-state index is 0.110. The van der Waals surface area contributed by atoms with Gasteiger partial charge < -0.3 is 0 Å². The van der Waals surface area contributed by atoms with Gasteiger partial charge in [-0.15, -0.1) is 0 Å². The van der Waals surface area contributed by atoms with Gasteiger partial charge in [0.25, 0.3) is 0 Å². The van der Waals surface area contributed by atoms with Crippen molar-refractivity contribution in [2.24, 2.45) is 0 Å². The molecule has 0 aliphatic rings. The van der Waals surface area contributed by atoms with Gasteiger partial charge in [0.2, 0.25) is 0 Å². The zero-order chi connectivity index (χ0) is 17.3. The highest BCUT2D eigenvalue weighted by Gasteiger charge is 2.44. The molecule has 0 bridgehead atoms. The van der Waals surface area contributed by atoms with E-state index in [2.05, 4.69) is 69.2 Å². The predicted molar refractivity (Wildman–Crippen MR) is 107 cm³/mol. The highest BCUT2D eigenvalue weighted by Crippen LogP contribution is 2.32. The van der Waals surface area contributed by atoms with Gasteiger partial charge in [0.15, 0.2) is 5.78 Å². The van der Waals surface area contributed by atoms with Crippen molar-refractivity contribution in [3.63, 3.8) is 0 Å². The van der Waals surface area contributed by atoms with Crippen LogP contribution in [0.2, 0.25) is 26.2 Å². The third kappa shape index (κ3) is 3.31. The summed E-state index contributed by atoms with van der Waals surface area (Å²) in [5.41, 5.74) is 1.90. The average molecular weight is 339 g/mol. The molecule has 120 valence electrons. The summed E-state index contributed by atoms with van der Waals surface area (Å²) in [7, 11) is -3.38. The first-order chi connectivity index (χ1) is 10.7. The van der Waals surface area contributed by atoms with Crippen LogP contribution >= 0.6 is 0 Å². The lowest BCUT2D eigenvalue weighted by atomic mass is 10.1. The van der Waals surface area contributed by atoms with Gasteiger partial charge in [-0.25, -0.2) is 0 Å². The fraction of sp³-hybridized carbons (Fsp3) is 0.250. The van der Waals surface area contributed by atoms with E-state index in [0.717, 1.165) is 11.1 Å². The van der Waals surface area contributed by atoms with Crippen molar-refractivity contribution in [2.45, 2.75) is 33.1 Å². The number of rotatable bonds is 5. The Morgan fingerprint density at radius 2 is 1.43 bits per heavy atom. The summed E-state index contributed by atoms with van der Waals surface area (Å²) in [6, 6.07) is 18.8. The van der Waals surface area contributed by atoms with Gasteiger partial charge in [0.1, 0.15) is 0 Å². The molecule has 0 radical (unpaired) electrons. The van der Waals surface area contributed by atoms with Crippen LogP contribution in [-0.2, 0) is 0 Å². The van der Waals surface area contributed by atoms with Crippen molar-refractivity contribution >= 4 is 31.3 Å². The molecule has 0 aliphatic carbocycles. The van der Waals surface area contributed by atoms with E-state index < -0.39 is 15.2 Å². The van der Waals surface area contributed by atoms with E-state index in [-0.39, 0.29) is 5.78 Å². The highest BCUT2D eigenvalue weighted by atomic mass is 29.3. The van der Waals surface area contributed by atoms with Crippen molar-refractivity contribution in [1.82, 2.24) is 0 Å². The largest absolute Gasteiger partial charge is 0.295 e. The van der Waals surface area contributed by atoms with Crippen LogP contribution in [0.4, 0.5) is 0 Å². The Kier molecular flexibility index (Phi) is 4.92. The molecule has 0 atom stereocenters. The van der Waals surface area contributed by atoms with E-state index in [1.54, 1.807) is 6.92 Å². The Morgan fingerprint density at radius 1 is 0.870 bits per heavy atom. The van der Waals surface area contributed by atoms with Crippen molar-refractivity contribution in [3.05, 3.63) is 72.3 Å². The molecule has 0 aromatic heterocycles. The molecule has 23 heavy (non-hydrogen) atoms. The van der Waals surface area contributed by atoms with Crippen LogP contribution in [0, 0.1) is 0 Å². The fourth-order valence-corrected chi connectivity index (χ4v) is 11.6. The van der Waals surface area contributed by atoms with Crippen molar-refractivity contribution in [1.29, 1.82) is 0 Å². The van der Waals surface area contributed by atoms with Gasteiger partial charge in [-0.05, 0) is 18.6 Å². The molecule has 1 nitrogen and oxygen atoms in total. The van der Waals surface area contributed by atoms with Gasteiger partial charge in [-0.2, -0.15) is 0 Å². The molecule has 0 fully saturated rings. The maximum absolute atomic E-state index is 11.7. The maximum atomic E-state index is 11.7. The fourth-order valence-electron chi connectivity index (χ4n) is 2.88. The molecular formula is C20H26OSi2. The van der Waals surface area contributed by atoms with Gasteiger partial charge >= 0.3 is 0 Å². The lowest BCUT2D eigenvalue weighted by Crippen LogP contribution is -2.63. The molecule has 0 amide bonds. The Balaban J connectivity index is 2.44. The normalized spacial score (nSPS) is 12.0. The van der Waals surface area contributed by atoms with Crippen LogP contribution < -0.4 is 5.19 Å². The second-order valence-electron chi connectivity index (χ2n) is 7.23. The molecule has 0 heterocycles. The van der Waals surface area contributed by atoms with Crippen LogP contribution in [0.25, 0.3) is 5.20 Å². The van der Waals surface area contributed by atoms with E-state index >= 15 is 0 Å². The van der Waals surface area contributed by atoms with Crippen molar-refractivity contribution < 1.29 is 4.79 Å². The monoisotopic (exact) mass is 338 g/mol. The number of Topliss-reactive ketones (excluding diaryl/α,β-unsaturated/α-hetero) is 1. The average Bonchev–Trinajstić information content (AvgIpc) is 2.54. The summed E-state index contributed by atoms with van der Waals surface area (Å²) in [5, 5.41) is 2.74. The molecule has 2 rings (SSSR count). The summed E-state index contributed by atoms with van der Waals surface area (Å²) in [6.07, 6.45) is 0. The molecule has 3 heteroatoms. The molecule has 0 N–H and O–H groups in total. The molecule has 0 aliphatic heterocycles. The minimum atomic E-state index is -1.74.